The van der Waals surface area contributed by atoms with Crippen molar-refractivity contribution < 1.29 is 15.0 Å². The number of benzene rings is 1. The molecule has 0 radical (unpaired) electrons. The van der Waals surface area contributed by atoms with Crippen LogP contribution < -0.4 is 5.32 Å². The van der Waals surface area contributed by atoms with Crippen molar-refractivity contribution in [2.75, 3.05) is 6.54 Å². The average molecular weight is 207 g/mol. The molecular weight excluding hydrogens is 194 g/mol. The van der Waals surface area contributed by atoms with Crippen molar-refractivity contribution >= 4 is 5.91 Å². The van der Waals surface area contributed by atoms with Gasteiger partial charge in [-0.25, -0.2) is 0 Å². The third-order valence-electron chi connectivity index (χ3n) is 2.47. The number of hydrogen-bond acceptors (Lipinski definition) is 3. The fourth-order valence-corrected chi connectivity index (χ4v) is 1.37. The highest BCUT2D eigenvalue weighted by molar-refractivity contribution is 5.96. The molecule has 0 aliphatic heterocycles. The van der Waals surface area contributed by atoms with E-state index in [0.717, 1.165) is 6.07 Å². The molecule has 0 spiro atoms. The number of amides is 1. The number of phenolic OH excluding ortho intramolecular Hbond substituents is 2. The summed E-state index contributed by atoms with van der Waals surface area (Å²) in [6, 6.07) is 3.95. The van der Waals surface area contributed by atoms with Gasteiger partial charge in [0.1, 0.15) is 11.5 Å². The van der Waals surface area contributed by atoms with Gasteiger partial charge in [0.05, 0.1) is 5.56 Å². The molecule has 0 unspecified atom stereocenters. The number of carbonyl (C=O) groups is 1. The fraction of sp³-hybridized carbons (Fsp3) is 0.364. The van der Waals surface area contributed by atoms with Gasteiger partial charge < -0.3 is 15.5 Å². The molecule has 3 N–H and O–H groups in total. The van der Waals surface area contributed by atoms with Gasteiger partial charge >= 0.3 is 0 Å². The summed E-state index contributed by atoms with van der Waals surface area (Å²) in [5, 5.41) is 21.2. The highest BCUT2D eigenvalue weighted by Crippen LogP contribution is 2.28. The molecule has 1 amide bonds. The summed E-state index contributed by atoms with van der Waals surface area (Å²) in [6.07, 6.45) is 2.34. The second-order valence-corrected chi connectivity index (χ2v) is 3.85. The van der Waals surface area contributed by atoms with Gasteiger partial charge in [-0.1, -0.05) is 0 Å². The Balaban J connectivity index is 2.03. The van der Waals surface area contributed by atoms with Gasteiger partial charge in [0.15, 0.2) is 0 Å². The van der Waals surface area contributed by atoms with Crippen molar-refractivity contribution in [3.8, 4) is 11.5 Å². The van der Waals surface area contributed by atoms with Crippen LogP contribution in [0.15, 0.2) is 18.2 Å². The molecule has 0 atom stereocenters. The first-order valence-corrected chi connectivity index (χ1v) is 4.97. The van der Waals surface area contributed by atoms with Gasteiger partial charge in [-0.05, 0) is 30.9 Å². The average Bonchev–Trinajstić information content (AvgIpc) is 2.97. The lowest BCUT2D eigenvalue weighted by atomic mass is 10.2. The number of phenols is 2. The van der Waals surface area contributed by atoms with Gasteiger partial charge in [-0.15, -0.1) is 0 Å². The highest BCUT2D eigenvalue weighted by atomic mass is 16.3. The molecule has 2 rings (SSSR count). The lowest BCUT2D eigenvalue weighted by Crippen LogP contribution is -2.25. The maximum Gasteiger partial charge on any atom is 0.255 e. The number of hydrogen-bond donors (Lipinski definition) is 3. The number of aromatic hydroxyl groups is 2. The minimum absolute atomic E-state index is 0.0498. The minimum Gasteiger partial charge on any atom is -0.508 e. The number of nitrogens with one attached hydrogen (secondary N) is 1. The molecule has 4 heteroatoms. The zero-order valence-corrected chi connectivity index (χ0v) is 8.23. The normalized spacial score (nSPS) is 14.9. The molecule has 80 valence electrons. The van der Waals surface area contributed by atoms with E-state index in [0.29, 0.717) is 12.5 Å². The lowest BCUT2D eigenvalue weighted by molar-refractivity contribution is 0.0949. The van der Waals surface area contributed by atoms with E-state index in [1.165, 1.54) is 25.0 Å². The van der Waals surface area contributed by atoms with E-state index in [9.17, 15) is 9.90 Å². The fourth-order valence-electron chi connectivity index (χ4n) is 1.37. The molecule has 1 saturated carbocycles. The quantitative estimate of drug-likeness (QED) is 0.698. The zero-order chi connectivity index (χ0) is 10.8. The maximum absolute atomic E-state index is 11.6. The summed E-state index contributed by atoms with van der Waals surface area (Å²) in [6.45, 7) is 0.666. The predicted octanol–water partition coefficient (Wildman–Crippen LogP) is 1.24. The molecule has 0 saturated heterocycles. The Morgan fingerprint density at radius 1 is 1.40 bits per heavy atom. The highest BCUT2D eigenvalue weighted by Gasteiger charge is 2.22. The van der Waals surface area contributed by atoms with Crippen LogP contribution in [0.4, 0.5) is 0 Å². The van der Waals surface area contributed by atoms with E-state index >= 15 is 0 Å². The van der Waals surface area contributed by atoms with Gasteiger partial charge in [0.2, 0.25) is 0 Å². The molecule has 0 heterocycles. The monoisotopic (exact) mass is 207 g/mol. The second-order valence-electron chi connectivity index (χ2n) is 3.85. The molecule has 0 aromatic heterocycles. The van der Waals surface area contributed by atoms with Crippen LogP contribution in [0.25, 0.3) is 0 Å². The summed E-state index contributed by atoms with van der Waals surface area (Å²) >= 11 is 0. The lowest BCUT2D eigenvalue weighted by Gasteiger charge is -2.06. The van der Waals surface area contributed by atoms with Crippen LogP contribution in [0.2, 0.25) is 0 Å². The Labute approximate surface area is 87.6 Å². The van der Waals surface area contributed by atoms with Crippen LogP contribution >= 0.6 is 0 Å². The SMILES string of the molecule is O=C(NCC1CC1)c1ccc(O)cc1O. The number of rotatable bonds is 3. The van der Waals surface area contributed by atoms with Crippen LogP contribution in [0.1, 0.15) is 23.2 Å². The van der Waals surface area contributed by atoms with Crippen molar-refractivity contribution in [2.45, 2.75) is 12.8 Å². The summed E-state index contributed by atoms with van der Waals surface area (Å²) in [5.41, 5.74) is 0.202. The molecule has 0 bridgehead atoms. The van der Waals surface area contributed by atoms with Gasteiger partial charge in [0, 0.05) is 12.6 Å². The summed E-state index contributed by atoms with van der Waals surface area (Å²) < 4.78 is 0. The van der Waals surface area contributed by atoms with Crippen LogP contribution in [0.3, 0.4) is 0 Å². The van der Waals surface area contributed by atoms with E-state index in [4.69, 9.17) is 5.11 Å². The van der Waals surface area contributed by atoms with Crippen molar-refractivity contribution in [3.05, 3.63) is 23.8 Å². The van der Waals surface area contributed by atoms with E-state index in [1.54, 1.807) is 0 Å². The first-order valence-electron chi connectivity index (χ1n) is 4.97. The largest absolute Gasteiger partial charge is 0.508 e. The summed E-state index contributed by atoms with van der Waals surface area (Å²) in [7, 11) is 0. The van der Waals surface area contributed by atoms with E-state index in [2.05, 4.69) is 5.32 Å². The molecule has 4 nitrogen and oxygen atoms in total. The third-order valence-corrected chi connectivity index (χ3v) is 2.47. The molecular formula is C11H13NO3. The molecule has 15 heavy (non-hydrogen) atoms. The predicted molar refractivity (Wildman–Crippen MR) is 54.8 cm³/mol. The molecule has 1 aromatic rings. The molecule has 1 fully saturated rings. The Kier molecular flexibility index (Phi) is 2.49. The first kappa shape index (κ1) is 9.83. The topological polar surface area (TPSA) is 69.6 Å². The second kappa shape index (κ2) is 3.81. The smallest absolute Gasteiger partial charge is 0.255 e. The summed E-state index contributed by atoms with van der Waals surface area (Å²) in [4.78, 5) is 11.6. The number of carbonyl (C=O) groups excluding carboxylic acids is 1. The van der Waals surface area contributed by atoms with Gasteiger partial charge in [0.25, 0.3) is 5.91 Å². The molecule has 1 aliphatic carbocycles. The van der Waals surface area contributed by atoms with Crippen LogP contribution in [0, 0.1) is 5.92 Å². The van der Waals surface area contributed by atoms with Crippen molar-refractivity contribution in [1.29, 1.82) is 0 Å². The van der Waals surface area contributed by atoms with Crippen molar-refractivity contribution in [1.82, 2.24) is 5.32 Å². The zero-order valence-electron chi connectivity index (χ0n) is 8.23. The van der Waals surface area contributed by atoms with E-state index in [-0.39, 0.29) is 23.0 Å². The minimum atomic E-state index is -0.292. The van der Waals surface area contributed by atoms with Crippen molar-refractivity contribution in [3.63, 3.8) is 0 Å². The van der Waals surface area contributed by atoms with Gasteiger partial charge in [-0.3, -0.25) is 4.79 Å². The Hall–Kier alpha value is -1.71. The standard InChI is InChI=1S/C11H13NO3/c13-8-3-4-9(10(14)5-8)11(15)12-6-7-1-2-7/h3-5,7,13-14H,1-2,6H2,(H,12,15). The Bertz CT molecular complexity index is 385. The van der Waals surface area contributed by atoms with Gasteiger partial charge in [-0.2, -0.15) is 0 Å². The van der Waals surface area contributed by atoms with Crippen LogP contribution in [-0.4, -0.2) is 22.7 Å². The van der Waals surface area contributed by atoms with Crippen molar-refractivity contribution in [2.24, 2.45) is 5.92 Å². The summed E-state index contributed by atoms with van der Waals surface area (Å²) in [5.74, 6) is 0.0714. The Morgan fingerprint density at radius 3 is 2.73 bits per heavy atom. The van der Waals surface area contributed by atoms with Crippen LogP contribution in [0.5, 0.6) is 11.5 Å². The first-order chi connectivity index (χ1) is 7.16. The van der Waals surface area contributed by atoms with E-state index < -0.39 is 0 Å². The molecule has 1 aliphatic rings. The van der Waals surface area contributed by atoms with E-state index in [1.807, 2.05) is 0 Å². The molecule has 1 aromatic carbocycles. The Morgan fingerprint density at radius 2 is 2.13 bits per heavy atom. The van der Waals surface area contributed by atoms with Crippen LogP contribution in [-0.2, 0) is 0 Å². The maximum atomic E-state index is 11.6. The third kappa shape index (κ3) is 2.40.